The predicted octanol–water partition coefficient (Wildman–Crippen LogP) is 3.61. The highest BCUT2D eigenvalue weighted by atomic mass is 16.5. The highest BCUT2D eigenvalue weighted by Gasteiger charge is 2.49. The van der Waals surface area contributed by atoms with Crippen LogP contribution in [0.15, 0.2) is 4.79 Å². The van der Waals surface area contributed by atoms with Gasteiger partial charge in [0, 0.05) is 7.11 Å². The molecule has 1 saturated carbocycles. The first-order valence-corrected chi connectivity index (χ1v) is 10.3. The molecule has 7 nitrogen and oxygen atoms in total. The average Bonchev–Trinajstić information content (AvgIpc) is 2.65. The fourth-order valence-electron chi connectivity index (χ4n) is 4.07. The number of rotatable bonds is 6. The van der Waals surface area contributed by atoms with Crippen LogP contribution >= 0.6 is 0 Å². The Morgan fingerprint density at radius 1 is 1.18 bits per heavy atom. The van der Waals surface area contributed by atoms with Gasteiger partial charge >= 0.3 is 0 Å². The van der Waals surface area contributed by atoms with Crippen LogP contribution in [0.1, 0.15) is 97.6 Å². The van der Waals surface area contributed by atoms with E-state index in [4.69, 9.17) is 4.74 Å². The summed E-state index contributed by atoms with van der Waals surface area (Å²) in [5.41, 5.74) is -1.41. The molecule has 0 aromatic carbocycles. The zero-order valence-electron chi connectivity index (χ0n) is 18.4. The average molecular weight is 393 g/mol. The summed E-state index contributed by atoms with van der Waals surface area (Å²) in [6, 6.07) is -0.468. The molecule has 0 spiro atoms. The van der Waals surface area contributed by atoms with Gasteiger partial charge in [0.25, 0.3) is 5.56 Å². The van der Waals surface area contributed by atoms with Crippen molar-refractivity contribution < 1.29 is 9.53 Å². The Hall–Kier alpha value is -1.76. The predicted molar refractivity (Wildman–Crippen MR) is 109 cm³/mol. The van der Waals surface area contributed by atoms with Gasteiger partial charge in [-0.3, -0.25) is 9.59 Å². The second kappa shape index (κ2) is 8.31. The van der Waals surface area contributed by atoms with E-state index in [0.29, 0.717) is 12.2 Å². The van der Waals surface area contributed by atoms with Gasteiger partial charge in [-0.05, 0) is 38.5 Å². The smallest absolute Gasteiger partial charge is 0.275 e. The van der Waals surface area contributed by atoms with Gasteiger partial charge in [0.15, 0.2) is 11.5 Å². The van der Waals surface area contributed by atoms with Crippen LogP contribution in [0.4, 0.5) is 0 Å². The number of amides is 1. The molecule has 1 amide bonds. The van der Waals surface area contributed by atoms with Gasteiger partial charge in [0.1, 0.15) is 5.60 Å². The molecule has 1 atom stereocenters. The minimum atomic E-state index is -0.742. The van der Waals surface area contributed by atoms with Gasteiger partial charge in [-0.1, -0.05) is 47.0 Å². The number of carbonyl (C=O) groups is 1. The van der Waals surface area contributed by atoms with Crippen LogP contribution in [0.25, 0.3) is 0 Å². The van der Waals surface area contributed by atoms with E-state index in [2.05, 4.69) is 41.3 Å². The number of methoxy groups -OCH3 is 1. The molecule has 2 N–H and O–H groups in total. The number of nitrogens with zero attached hydrogens (tertiary/aromatic N) is 2. The molecular formula is C21H36N4O3. The first-order valence-electron chi connectivity index (χ1n) is 10.3. The molecule has 1 aliphatic carbocycles. The van der Waals surface area contributed by atoms with E-state index in [-0.39, 0.29) is 22.6 Å². The van der Waals surface area contributed by atoms with Crippen molar-refractivity contribution in [3.63, 3.8) is 0 Å². The molecule has 7 heteroatoms. The van der Waals surface area contributed by atoms with Crippen LogP contribution in [-0.2, 0) is 15.1 Å². The van der Waals surface area contributed by atoms with E-state index in [1.165, 1.54) is 6.42 Å². The SMILES string of the molecule is CCC(NC(=O)C1(C(C)(C)C)CCCCC1)c1nnc(C(C)(C)OC)[nH]c1=O. The Morgan fingerprint density at radius 2 is 1.79 bits per heavy atom. The van der Waals surface area contributed by atoms with Crippen molar-refractivity contribution >= 4 is 5.91 Å². The molecule has 0 aliphatic heterocycles. The van der Waals surface area contributed by atoms with Gasteiger partial charge in [-0.2, -0.15) is 0 Å². The van der Waals surface area contributed by atoms with Gasteiger partial charge in [-0.25, -0.2) is 0 Å². The van der Waals surface area contributed by atoms with Crippen molar-refractivity contribution in [3.05, 3.63) is 21.9 Å². The number of ether oxygens (including phenoxy) is 1. The zero-order valence-corrected chi connectivity index (χ0v) is 18.4. The highest BCUT2D eigenvalue weighted by molar-refractivity contribution is 5.84. The zero-order chi connectivity index (χ0) is 21.2. The number of aromatic amines is 1. The molecule has 158 valence electrons. The van der Waals surface area contributed by atoms with Crippen molar-refractivity contribution in [2.75, 3.05) is 7.11 Å². The van der Waals surface area contributed by atoms with Crippen molar-refractivity contribution in [3.8, 4) is 0 Å². The van der Waals surface area contributed by atoms with E-state index < -0.39 is 17.1 Å². The topological polar surface area (TPSA) is 97.0 Å². The Balaban J connectivity index is 2.31. The normalized spacial score (nSPS) is 18.5. The van der Waals surface area contributed by atoms with Crippen LogP contribution in [0.3, 0.4) is 0 Å². The fourth-order valence-corrected chi connectivity index (χ4v) is 4.07. The van der Waals surface area contributed by atoms with Crippen molar-refractivity contribution in [2.24, 2.45) is 10.8 Å². The van der Waals surface area contributed by atoms with E-state index >= 15 is 0 Å². The van der Waals surface area contributed by atoms with Gasteiger partial charge in [0.05, 0.1) is 11.5 Å². The third kappa shape index (κ3) is 4.29. The van der Waals surface area contributed by atoms with E-state index in [9.17, 15) is 9.59 Å². The van der Waals surface area contributed by atoms with Gasteiger partial charge in [0.2, 0.25) is 5.91 Å². The lowest BCUT2D eigenvalue weighted by molar-refractivity contribution is -0.141. The molecule has 1 fully saturated rings. The quantitative estimate of drug-likeness (QED) is 0.771. The summed E-state index contributed by atoms with van der Waals surface area (Å²) < 4.78 is 5.36. The van der Waals surface area contributed by atoms with Crippen LogP contribution in [0.5, 0.6) is 0 Å². The largest absolute Gasteiger partial charge is 0.371 e. The van der Waals surface area contributed by atoms with E-state index in [1.54, 1.807) is 7.11 Å². The maximum Gasteiger partial charge on any atom is 0.275 e. The fraction of sp³-hybridized carbons (Fsp3) is 0.810. The van der Waals surface area contributed by atoms with E-state index in [1.807, 2.05) is 20.8 Å². The Bertz CT molecular complexity index is 743. The first kappa shape index (κ1) is 22.5. The van der Waals surface area contributed by atoms with Gasteiger partial charge in [-0.15, -0.1) is 10.2 Å². The summed E-state index contributed by atoms with van der Waals surface area (Å²) in [6.45, 7) is 11.9. The number of nitrogens with one attached hydrogen (secondary N) is 2. The number of carbonyl (C=O) groups excluding carboxylic acids is 1. The van der Waals surface area contributed by atoms with E-state index in [0.717, 1.165) is 25.7 Å². The standard InChI is InChI=1S/C21H36N4O3/c1-8-14(15-16(26)23-17(25-24-15)20(5,6)28-7)22-18(27)21(19(2,3)4)12-10-9-11-13-21/h14H,8-13H2,1-7H3,(H,22,27)(H,23,25,26). The molecule has 1 unspecified atom stereocenters. The first-order chi connectivity index (χ1) is 13.0. The summed E-state index contributed by atoms with van der Waals surface area (Å²) >= 11 is 0. The van der Waals surface area contributed by atoms with Crippen molar-refractivity contribution in [1.29, 1.82) is 0 Å². The summed E-state index contributed by atoms with van der Waals surface area (Å²) in [5.74, 6) is 0.386. The maximum absolute atomic E-state index is 13.4. The Kier molecular flexibility index (Phi) is 6.69. The van der Waals surface area contributed by atoms with Crippen LogP contribution in [0, 0.1) is 10.8 Å². The van der Waals surface area contributed by atoms with Crippen LogP contribution in [-0.4, -0.2) is 28.2 Å². The minimum Gasteiger partial charge on any atom is -0.371 e. The molecule has 1 heterocycles. The van der Waals surface area contributed by atoms with Crippen LogP contribution < -0.4 is 10.9 Å². The number of hydrogen-bond donors (Lipinski definition) is 2. The molecule has 1 aromatic rings. The molecular weight excluding hydrogens is 356 g/mol. The summed E-state index contributed by atoms with van der Waals surface area (Å²) in [7, 11) is 1.55. The van der Waals surface area contributed by atoms with Crippen molar-refractivity contribution in [1.82, 2.24) is 20.5 Å². The molecule has 1 aromatic heterocycles. The lowest BCUT2D eigenvalue weighted by atomic mass is 9.58. The molecule has 0 saturated heterocycles. The number of hydrogen-bond acceptors (Lipinski definition) is 5. The summed E-state index contributed by atoms with van der Waals surface area (Å²) in [5, 5.41) is 11.4. The van der Waals surface area contributed by atoms with Crippen molar-refractivity contribution in [2.45, 2.75) is 91.7 Å². The second-order valence-electron chi connectivity index (χ2n) is 9.43. The summed E-state index contributed by atoms with van der Waals surface area (Å²) in [6.07, 6.45) is 5.61. The second-order valence-corrected chi connectivity index (χ2v) is 9.43. The number of aromatic nitrogens is 3. The summed E-state index contributed by atoms with van der Waals surface area (Å²) in [4.78, 5) is 28.8. The molecule has 0 bridgehead atoms. The maximum atomic E-state index is 13.4. The monoisotopic (exact) mass is 392 g/mol. The Morgan fingerprint density at radius 3 is 2.25 bits per heavy atom. The molecule has 2 rings (SSSR count). The van der Waals surface area contributed by atoms with Gasteiger partial charge < -0.3 is 15.0 Å². The highest BCUT2D eigenvalue weighted by Crippen LogP contribution is 2.50. The minimum absolute atomic E-state index is 0.0223. The lowest BCUT2D eigenvalue weighted by Crippen LogP contribution is -2.51. The lowest BCUT2D eigenvalue weighted by Gasteiger charge is -2.46. The van der Waals surface area contributed by atoms with Crippen LogP contribution in [0.2, 0.25) is 0 Å². The third-order valence-corrected chi connectivity index (χ3v) is 6.42. The molecule has 0 radical (unpaired) electrons. The Labute approximate surface area is 168 Å². The number of H-pyrrole nitrogens is 1. The molecule has 28 heavy (non-hydrogen) atoms. The third-order valence-electron chi connectivity index (χ3n) is 6.42. The molecule has 1 aliphatic rings.